The van der Waals surface area contributed by atoms with Gasteiger partial charge in [-0.3, -0.25) is 4.79 Å². The number of anilines is 1. The van der Waals surface area contributed by atoms with Crippen LogP contribution in [-0.2, 0) is 14.0 Å². The number of benzene rings is 4. The van der Waals surface area contributed by atoms with Crippen molar-refractivity contribution in [2.45, 2.75) is 70.3 Å². The number of nitrogens with zero attached hydrogens (tertiary/aromatic N) is 1. The van der Waals surface area contributed by atoms with Crippen LogP contribution in [0.2, 0.25) is 39.3 Å². The molecule has 1 saturated heterocycles. The monoisotopic (exact) mass is 720 g/mol. The fraction of sp³-hybridized carbons (Fsp3) is 0.333. The Balaban J connectivity index is 1.67. The van der Waals surface area contributed by atoms with E-state index >= 15 is 4.79 Å². The van der Waals surface area contributed by atoms with Gasteiger partial charge in [-0.05, 0) is 117 Å². The van der Waals surface area contributed by atoms with Gasteiger partial charge in [0.25, 0.3) is 0 Å². The Morgan fingerprint density at radius 2 is 1.48 bits per heavy atom. The second-order valence-electron chi connectivity index (χ2n) is 14.3. The van der Waals surface area contributed by atoms with E-state index in [4.69, 9.17) is 19.1 Å². The molecule has 264 valence electrons. The van der Waals surface area contributed by atoms with Crippen molar-refractivity contribution < 1.29 is 37.4 Å². The topological polar surface area (TPSA) is 77.1 Å². The molecular formula is C39H46F2N2O5Si2. The number of ether oxygens (including phenoxy) is 1. The first kappa shape index (κ1) is 31.6. The third-order valence-electron chi connectivity index (χ3n) is 8.05. The molecule has 0 aromatic heterocycles. The zero-order valence-electron chi connectivity index (χ0n) is 33.2. The predicted octanol–water partition coefficient (Wildman–Crippen LogP) is 10.0. The molecule has 50 heavy (non-hydrogen) atoms. The molecule has 1 aliphatic heterocycles. The summed E-state index contributed by atoms with van der Waals surface area (Å²) in [6.45, 7) is 12.1. The molecular weight excluding hydrogens is 671 g/mol. The molecule has 0 saturated carbocycles. The SMILES string of the molecule is [2H]c1c([2H])c(N[C@H](c2ccc(O[Si](C)(C)C)cc2)[C@@H](CC[C@H](O[Si](C)(C)C)c2ccc(F)cc2)C(=O)N2C(=O)OC[C@@H]2c2ccccc2)c([2H])c([2H])c1F. The highest BCUT2D eigenvalue weighted by Crippen LogP contribution is 2.39. The van der Waals surface area contributed by atoms with Gasteiger partial charge in [0, 0.05) is 5.69 Å². The summed E-state index contributed by atoms with van der Waals surface area (Å²) in [6.07, 6.45) is -1.10. The van der Waals surface area contributed by atoms with Gasteiger partial charge in [-0.2, -0.15) is 0 Å². The van der Waals surface area contributed by atoms with Crippen molar-refractivity contribution in [1.82, 2.24) is 4.90 Å². The van der Waals surface area contributed by atoms with Crippen LogP contribution in [0.5, 0.6) is 5.75 Å². The molecule has 0 radical (unpaired) electrons. The number of rotatable bonds is 14. The smallest absolute Gasteiger partial charge is 0.417 e. The van der Waals surface area contributed by atoms with Crippen LogP contribution in [0.4, 0.5) is 19.3 Å². The zero-order valence-corrected chi connectivity index (χ0v) is 31.2. The normalized spacial score (nSPS) is 17.9. The number of hydrogen-bond donors (Lipinski definition) is 1. The molecule has 4 aromatic carbocycles. The lowest BCUT2D eigenvalue weighted by Crippen LogP contribution is -2.42. The summed E-state index contributed by atoms with van der Waals surface area (Å²) in [7, 11) is -4.25. The summed E-state index contributed by atoms with van der Waals surface area (Å²) < 4.78 is 80.7. The standard InChI is InChI=1S/C39H46F2N2O5Si2/c1-49(2,3)47-33-22-14-29(15-23-33)37(42-32-20-18-31(41)19-21-32)34(24-25-36(48-50(4,5)6)28-12-16-30(40)17-13-28)38(44)43-35(26-46-39(43)45)27-10-8-7-9-11-27/h7-23,34-37,42H,24-26H2,1-6H3/t34-,35-,36+,37-/m1/s1/i18D,19D,20D,21D. The van der Waals surface area contributed by atoms with Crippen molar-refractivity contribution >= 4 is 34.3 Å². The maximum absolute atomic E-state index is 15.1. The van der Waals surface area contributed by atoms with Crippen molar-refractivity contribution in [3.8, 4) is 5.75 Å². The van der Waals surface area contributed by atoms with Crippen LogP contribution in [0.1, 0.15) is 53.2 Å². The van der Waals surface area contributed by atoms with Crippen LogP contribution in [0.25, 0.3) is 0 Å². The van der Waals surface area contributed by atoms with Gasteiger partial charge < -0.3 is 18.9 Å². The molecule has 1 fully saturated rings. The number of cyclic esters (lactones) is 1. The molecule has 4 atom stereocenters. The second-order valence-corrected chi connectivity index (χ2v) is 23.1. The summed E-state index contributed by atoms with van der Waals surface area (Å²) >= 11 is 0. The van der Waals surface area contributed by atoms with Gasteiger partial charge in [0.05, 0.1) is 23.5 Å². The first-order chi connectivity index (χ1) is 25.3. The highest BCUT2D eigenvalue weighted by molar-refractivity contribution is 6.70. The quantitative estimate of drug-likeness (QED) is 0.131. The van der Waals surface area contributed by atoms with Gasteiger partial charge in [0.15, 0.2) is 8.32 Å². The van der Waals surface area contributed by atoms with Crippen LogP contribution >= 0.6 is 0 Å². The molecule has 1 aliphatic rings. The van der Waals surface area contributed by atoms with Crippen LogP contribution in [0.15, 0.2) is 103 Å². The second kappa shape index (κ2) is 15.7. The summed E-state index contributed by atoms with van der Waals surface area (Å²) in [4.78, 5) is 29.6. The van der Waals surface area contributed by atoms with Crippen molar-refractivity contribution in [3.63, 3.8) is 0 Å². The highest BCUT2D eigenvalue weighted by atomic mass is 28.4. The maximum Gasteiger partial charge on any atom is 0.417 e. The molecule has 5 rings (SSSR count). The van der Waals surface area contributed by atoms with Crippen LogP contribution in [0, 0.1) is 17.6 Å². The summed E-state index contributed by atoms with van der Waals surface area (Å²) in [5.74, 6) is -2.86. The summed E-state index contributed by atoms with van der Waals surface area (Å²) in [5, 5.41) is 3.11. The van der Waals surface area contributed by atoms with Gasteiger partial charge in [0.2, 0.25) is 14.2 Å². The third-order valence-corrected chi connectivity index (χ3v) is 9.89. The van der Waals surface area contributed by atoms with Gasteiger partial charge in [0.1, 0.15) is 30.0 Å². The number of hydrogen-bond acceptors (Lipinski definition) is 6. The van der Waals surface area contributed by atoms with E-state index in [1.54, 1.807) is 60.7 Å². The van der Waals surface area contributed by atoms with Gasteiger partial charge in [-0.15, -0.1) is 0 Å². The molecule has 11 heteroatoms. The Kier molecular flexibility index (Phi) is 9.93. The molecule has 0 bridgehead atoms. The average Bonchev–Trinajstić information content (AvgIpc) is 3.51. The molecule has 1 heterocycles. The minimum absolute atomic E-state index is 0.0742. The zero-order chi connectivity index (χ0) is 39.5. The molecule has 0 unspecified atom stereocenters. The van der Waals surface area contributed by atoms with E-state index < -0.39 is 88.5 Å². The maximum atomic E-state index is 15.1. The molecule has 1 N–H and O–H groups in total. The van der Waals surface area contributed by atoms with Crippen molar-refractivity contribution in [1.29, 1.82) is 0 Å². The Morgan fingerprint density at radius 3 is 2.08 bits per heavy atom. The number of carbonyl (C=O) groups is 2. The third kappa shape index (κ3) is 9.89. The first-order valence-electron chi connectivity index (χ1n) is 18.6. The van der Waals surface area contributed by atoms with E-state index in [2.05, 4.69) is 5.32 Å². The van der Waals surface area contributed by atoms with E-state index in [1.165, 1.54) is 12.1 Å². The van der Waals surface area contributed by atoms with Gasteiger partial charge in [-0.1, -0.05) is 54.6 Å². The first-order valence-corrected chi connectivity index (χ1v) is 23.5. The van der Waals surface area contributed by atoms with Crippen LogP contribution in [-0.4, -0.2) is 40.1 Å². The Labute approximate surface area is 301 Å². The van der Waals surface area contributed by atoms with Crippen molar-refractivity contribution in [3.05, 3.63) is 131 Å². The molecule has 0 spiro atoms. The van der Waals surface area contributed by atoms with Gasteiger partial charge in [-0.25, -0.2) is 18.5 Å². The highest BCUT2D eigenvalue weighted by Gasteiger charge is 2.44. The average molecular weight is 721 g/mol. The lowest BCUT2D eigenvalue weighted by Gasteiger charge is -2.34. The van der Waals surface area contributed by atoms with E-state index in [0.717, 1.165) is 4.90 Å². The number of halogens is 2. The molecule has 2 amide bonds. The Bertz CT molecular complexity index is 1930. The van der Waals surface area contributed by atoms with Crippen molar-refractivity contribution in [2.24, 2.45) is 5.92 Å². The molecule has 0 aliphatic carbocycles. The largest absolute Gasteiger partial charge is 0.544 e. The minimum Gasteiger partial charge on any atom is -0.544 e. The molecule has 7 nitrogen and oxygen atoms in total. The minimum atomic E-state index is -2.23. The fourth-order valence-corrected chi connectivity index (χ4v) is 7.91. The van der Waals surface area contributed by atoms with Crippen LogP contribution in [0.3, 0.4) is 0 Å². The fourth-order valence-electron chi connectivity index (χ4n) is 5.96. The van der Waals surface area contributed by atoms with E-state index in [9.17, 15) is 13.6 Å². The number of carbonyl (C=O) groups excluding carboxylic acids is 2. The predicted molar refractivity (Wildman–Crippen MR) is 197 cm³/mol. The Hall–Kier alpha value is -4.33. The summed E-state index contributed by atoms with van der Waals surface area (Å²) in [6, 6.07) is 17.0. The van der Waals surface area contributed by atoms with E-state index in [0.29, 0.717) is 22.4 Å². The Morgan fingerprint density at radius 1 is 0.860 bits per heavy atom. The van der Waals surface area contributed by atoms with Crippen molar-refractivity contribution in [2.75, 3.05) is 11.9 Å². The van der Waals surface area contributed by atoms with E-state index in [-0.39, 0.29) is 25.1 Å². The van der Waals surface area contributed by atoms with Gasteiger partial charge >= 0.3 is 6.09 Å². The lowest BCUT2D eigenvalue weighted by atomic mass is 9.85. The van der Waals surface area contributed by atoms with Crippen LogP contribution < -0.4 is 9.74 Å². The molecule has 4 aromatic rings. The van der Waals surface area contributed by atoms with E-state index in [1.807, 2.05) is 45.3 Å². The number of amides is 2. The lowest BCUT2D eigenvalue weighted by molar-refractivity contribution is -0.134. The number of imide groups is 1. The number of nitrogens with one attached hydrogen (secondary N) is 1. The summed E-state index contributed by atoms with van der Waals surface area (Å²) in [5.41, 5.74) is 1.57.